The molecule has 0 N–H and O–H groups in total. The van der Waals surface area contributed by atoms with Crippen molar-refractivity contribution in [3.8, 4) is 34.8 Å². The largest absolute Gasteiger partial charge is 0.203 e. The summed E-state index contributed by atoms with van der Waals surface area (Å²) >= 11 is 0. The van der Waals surface area contributed by atoms with Gasteiger partial charge in [0.05, 0.1) is 0 Å². The third kappa shape index (κ3) is 8.04. The van der Waals surface area contributed by atoms with Crippen LogP contribution in [0, 0.1) is 70.2 Å². The lowest BCUT2D eigenvalue weighted by atomic mass is 9.70. The van der Waals surface area contributed by atoms with E-state index in [0.717, 1.165) is 80.0 Å². The molecule has 0 heterocycles. The van der Waals surface area contributed by atoms with E-state index in [1.807, 2.05) is 0 Å². The highest BCUT2D eigenvalue weighted by molar-refractivity contribution is 5.82. The predicted octanol–water partition coefficient (Wildman–Crippen LogP) is 14.1. The second-order valence-corrected chi connectivity index (χ2v) is 13.4. The van der Waals surface area contributed by atoms with Gasteiger partial charge in [-0.05, 0) is 70.4 Å². The Morgan fingerprint density at radius 3 is 1.21 bits per heavy atom. The number of hydrogen-bond acceptors (Lipinski definition) is 2. The number of rotatable bonds is 13. The summed E-state index contributed by atoms with van der Waals surface area (Å²) in [6.07, 6.45) is 9.85. The Labute approximate surface area is 318 Å². The molecule has 0 atom stereocenters. The van der Waals surface area contributed by atoms with Crippen molar-refractivity contribution in [2.24, 2.45) is 10.2 Å². The molecular formula is C42H34F8N6. The first kappa shape index (κ1) is 41.2. The fourth-order valence-corrected chi connectivity index (χ4v) is 7.19. The smallest absolute Gasteiger partial charge is 0.178 e. The minimum absolute atomic E-state index is 0.290. The van der Waals surface area contributed by atoms with Gasteiger partial charge in [0.15, 0.2) is 46.5 Å². The predicted molar refractivity (Wildman–Crippen MR) is 197 cm³/mol. The van der Waals surface area contributed by atoms with Gasteiger partial charge in [0.25, 0.3) is 0 Å². The normalized spacial score (nSPS) is 13.8. The number of hydrogen-bond donors (Lipinski definition) is 0. The van der Waals surface area contributed by atoms with Crippen LogP contribution in [0.4, 0.5) is 46.5 Å². The van der Waals surface area contributed by atoms with Gasteiger partial charge in [0, 0.05) is 26.4 Å². The number of unbranched alkanes of at least 4 members (excludes halogenated alkanes) is 7. The van der Waals surface area contributed by atoms with E-state index >= 15 is 0 Å². The van der Waals surface area contributed by atoms with Crippen molar-refractivity contribution in [1.82, 2.24) is 0 Å². The summed E-state index contributed by atoms with van der Waals surface area (Å²) in [7, 11) is 0. The van der Waals surface area contributed by atoms with Crippen molar-refractivity contribution in [2.45, 2.75) is 89.9 Å². The van der Waals surface area contributed by atoms with E-state index in [1.165, 1.54) is 0 Å². The van der Waals surface area contributed by atoms with E-state index < -0.39 is 74.5 Å². The van der Waals surface area contributed by atoms with Gasteiger partial charge in [-0.2, -0.15) is 0 Å². The second-order valence-electron chi connectivity index (χ2n) is 13.4. The van der Waals surface area contributed by atoms with E-state index in [-0.39, 0.29) is 0 Å². The van der Waals surface area contributed by atoms with Crippen molar-refractivity contribution in [1.29, 1.82) is 0 Å². The molecule has 6 nitrogen and oxygen atoms in total. The van der Waals surface area contributed by atoms with Crippen molar-refractivity contribution in [2.75, 3.05) is 0 Å². The molecule has 0 unspecified atom stereocenters. The summed E-state index contributed by atoms with van der Waals surface area (Å²) in [6, 6.07) is 10.3. The van der Waals surface area contributed by atoms with E-state index in [4.69, 9.17) is 11.1 Å². The lowest BCUT2D eigenvalue weighted by Crippen LogP contribution is -2.26. The molecular weight excluding hydrogens is 740 g/mol. The van der Waals surface area contributed by atoms with Gasteiger partial charge in [-0.1, -0.05) is 118 Å². The molecule has 0 radical (unpaired) electrons. The number of nitrogens with zero attached hydrogens (tertiary/aromatic N) is 6. The first-order chi connectivity index (χ1) is 26.9. The minimum atomic E-state index is -1.88. The van der Waals surface area contributed by atoms with Gasteiger partial charge in [0.1, 0.15) is 22.5 Å². The molecule has 4 aromatic rings. The molecule has 0 aromatic heterocycles. The third-order valence-corrected chi connectivity index (χ3v) is 9.96. The van der Waals surface area contributed by atoms with Crippen LogP contribution in [0.2, 0.25) is 0 Å². The van der Waals surface area contributed by atoms with Crippen molar-refractivity contribution >= 4 is 11.4 Å². The molecule has 14 heteroatoms. The molecule has 4 aromatic carbocycles. The molecule has 0 aliphatic heterocycles. The average molecular weight is 775 g/mol. The molecule has 288 valence electrons. The summed E-state index contributed by atoms with van der Waals surface area (Å²) in [6.45, 7) is 4.19. The SMILES string of the molecule is CCCCCCCC1(CCCCCC)c2cc(C#Cc3c(F)c(F)c(N=[N+]=[N-])c(F)c3F)ccc2-c2ccc(C#Cc3c(F)c(F)c(N=[N+]=[N-])c(F)c3F)cc21. The average Bonchev–Trinajstić information content (AvgIpc) is 3.46. The van der Waals surface area contributed by atoms with Gasteiger partial charge in [0.2, 0.25) is 0 Å². The topological polar surface area (TPSA) is 97.5 Å². The lowest BCUT2D eigenvalue weighted by Gasteiger charge is -2.33. The zero-order chi connectivity index (χ0) is 40.6. The number of benzene rings is 4. The molecule has 56 heavy (non-hydrogen) atoms. The zero-order valence-electron chi connectivity index (χ0n) is 30.4. The van der Waals surface area contributed by atoms with Gasteiger partial charge in [-0.25, -0.2) is 35.1 Å². The highest BCUT2D eigenvalue weighted by Gasteiger charge is 2.42. The molecule has 5 rings (SSSR count). The molecule has 0 saturated carbocycles. The van der Waals surface area contributed by atoms with Crippen LogP contribution in [-0.2, 0) is 5.41 Å². The Morgan fingerprint density at radius 1 is 0.500 bits per heavy atom. The van der Waals surface area contributed by atoms with E-state index in [2.05, 4.69) is 57.6 Å². The molecule has 1 aliphatic rings. The summed E-state index contributed by atoms with van der Waals surface area (Å²) in [5.41, 5.74) is 15.2. The lowest BCUT2D eigenvalue weighted by molar-refractivity contribution is 0.400. The first-order valence-electron chi connectivity index (χ1n) is 18.1. The third-order valence-electron chi connectivity index (χ3n) is 9.96. The Morgan fingerprint density at radius 2 is 0.857 bits per heavy atom. The maximum atomic E-state index is 14.8. The van der Waals surface area contributed by atoms with Gasteiger partial charge in [-0.15, -0.1) is 0 Å². The van der Waals surface area contributed by atoms with Gasteiger partial charge < -0.3 is 0 Å². The van der Waals surface area contributed by atoms with E-state index in [1.54, 1.807) is 36.4 Å². The minimum Gasteiger partial charge on any atom is -0.203 e. The Bertz CT molecular complexity index is 2200. The molecule has 1 aliphatic carbocycles. The van der Waals surface area contributed by atoms with Crippen molar-refractivity contribution in [3.05, 3.63) is 137 Å². The van der Waals surface area contributed by atoms with E-state index in [0.29, 0.717) is 24.0 Å². The molecule has 0 fully saturated rings. The van der Waals surface area contributed by atoms with Crippen LogP contribution in [0.3, 0.4) is 0 Å². The maximum absolute atomic E-state index is 14.8. The zero-order valence-corrected chi connectivity index (χ0v) is 30.4. The molecule has 0 spiro atoms. The van der Waals surface area contributed by atoms with Crippen molar-refractivity contribution < 1.29 is 35.1 Å². The highest BCUT2D eigenvalue weighted by atomic mass is 19.2. The van der Waals surface area contributed by atoms with Crippen LogP contribution in [0.1, 0.15) is 118 Å². The quantitative estimate of drug-likeness (QED) is 0.0246. The summed E-state index contributed by atoms with van der Waals surface area (Å²) < 4.78 is 117. The van der Waals surface area contributed by atoms with Gasteiger partial charge >= 0.3 is 0 Å². The van der Waals surface area contributed by atoms with Gasteiger partial charge in [-0.3, -0.25) is 0 Å². The van der Waals surface area contributed by atoms with Crippen LogP contribution >= 0.6 is 0 Å². The van der Waals surface area contributed by atoms with Crippen molar-refractivity contribution in [3.63, 3.8) is 0 Å². The Balaban J connectivity index is 1.66. The summed E-state index contributed by atoms with van der Waals surface area (Å²) in [5.74, 6) is -5.06. The number of fused-ring (bicyclic) bond motifs is 3. The van der Waals surface area contributed by atoms with Crippen LogP contribution < -0.4 is 0 Å². The fourth-order valence-electron chi connectivity index (χ4n) is 7.19. The highest BCUT2D eigenvalue weighted by Crippen LogP contribution is 2.54. The van der Waals surface area contributed by atoms with Crippen LogP contribution in [0.5, 0.6) is 0 Å². The van der Waals surface area contributed by atoms with Crippen LogP contribution in [0.15, 0.2) is 46.6 Å². The monoisotopic (exact) mass is 774 g/mol. The summed E-state index contributed by atoms with van der Waals surface area (Å²) in [4.78, 5) is 4.43. The number of halogens is 8. The Hall–Kier alpha value is -5.94. The molecule has 0 amide bonds. The molecule has 0 bridgehead atoms. The van der Waals surface area contributed by atoms with Crippen LogP contribution in [-0.4, -0.2) is 0 Å². The van der Waals surface area contributed by atoms with E-state index in [9.17, 15) is 35.1 Å². The second kappa shape index (κ2) is 18.1. The fraction of sp³-hybridized carbons (Fsp3) is 0.333. The Kier molecular flexibility index (Phi) is 13.3. The first-order valence-corrected chi connectivity index (χ1v) is 18.1. The number of azide groups is 2. The molecule has 0 saturated heterocycles. The summed E-state index contributed by atoms with van der Waals surface area (Å²) in [5, 5.41) is 5.42. The maximum Gasteiger partial charge on any atom is 0.178 e. The standard InChI is InChI=1S/C42H34F8N6/c1-3-5-7-9-11-21-42(20-10-8-6-4-2)30-22-24(14-18-28-32(43)36(47)40(53-55-51)37(48)33(28)44)12-16-26(30)27-17-13-25(23-31(27)42)15-19-29-34(45)38(49)41(54-56-52)39(50)35(29)46/h12-13,16-17,22-23H,3-11,20-21H2,1-2H3. The van der Waals surface area contributed by atoms with Crippen LogP contribution in [0.25, 0.3) is 32.0 Å².